The third-order valence-corrected chi connectivity index (χ3v) is 4.40. The summed E-state index contributed by atoms with van der Waals surface area (Å²) in [5.41, 5.74) is 4.58. The number of pyridine rings is 2. The first-order valence-corrected chi connectivity index (χ1v) is 8.58. The molecular formula is C21H19FN4. The summed E-state index contributed by atoms with van der Waals surface area (Å²) < 4.78 is 13.2. The zero-order chi connectivity index (χ0) is 18.1. The minimum atomic E-state index is -0.252. The molecule has 1 aromatic carbocycles. The van der Waals surface area contributed by atoms with Gasteiger partial charge in [-0.15, -0.1) is 0 Å². The largest absolute Gasteiger partial charge is 0.346 e. The molecule has 0 saturated carbocycles. The van der Waals surface area contributed by atoms with Gasteiger partial charge in [0.15, 0.2) is 0 Å². The van der Waals surface area contributed by atoms with Gasteiger partial charge >= 0.3 is 0 Å². The van der Waals surface area contributed by atoms with E-state index in [2.05, 4.69) is 35.2 Å². The average molecular weight is 346 g/mol. The van der Waals surface area contributed by atoms with E-state index in [1.165, 1.54) is 12.1 Å². The molecule has 3 heterocycles. The number of H-pyrrole nitrogens is 1. The van der Waals surface area contributed by atoms with E-state index in [4.69, 9.17) is 4.98 Å². The molecule has 0 radical (unpaired) electrons. The molecular weight excluding hydrogens is 327 g/mol. The quantitative estimate of drug-likeness (QED) is 0.503. The Kier molecular flexibility index (Phi) is 4.13. The van der Waals surface area contributed by atoms with Crippen molar-refractivity contribution >= 4 is 22.5 Å². The molecule has 0 unspecified atom stereocenters. The van der Waals surface area contributed by atoms with Crippen LogP contribution < -0.4 is 5.32 Å². The summed E-state index contributed by atoms with van der Waals surface area (Å²) in [6.07, 6.45) is 3.63. The van der Waals surface area contributed by atoms with Crippen LogP contribution in [0.25, 0.3) is 22.3 Å². The van der Waals surface area contributed by atoms with Gasteiger partial charge in [-0.2, -0.15) is 0 Å². The van der Waals surface area contributed by atoms with Crippen molar-refractivity contribution in [1.29, 1.82) is 0 Å². The van der Waals surface area contributed by atoms with Gasteiger partial charge in [0.25, 0.3) is 0 Å². The molecule has 0 aliphatic carbocycles. The minimum absolute atomic E-state index is 0.252. The molecule has 0 atom stereocenters. The Balaban J connectivity index is 1.79. The number of aromatic amines is 1. The first-order chi connectivity index (χ1) is 12.6. The minimum Gasteiger partial charge on any atom is -0.346 e. The molecule has 0 fully saturated rings. The molecule has 130 valence electrons. The van der Waals surface area contributed by atoms with Crippen molar-refractivity contribution < 1.29 is 4.39 Å². The average Bonchev–Trinajstić information content (AvgIpc) is 3.12. The van der Waals surface area contributed by atoms with Gasteiger partial charge in [0.05, 0.1) is 11.4 Å². The normalized spacial score (nSPS) is 11.2. The van der Waals surface area contributed by atoms with Crippen molar-refractivity contribution in [2.24, 2.45) is 0 Å². The Morgan fingerprint density at radius 2 is 1.81 bits per heavy atom. The predicted molar refractivity (Wildman–Crippen MR) is 103 cm³/mol. The standard InChI is InChI=1S/C21H19FN4/c1-13(2)16-7-8-18(14-3-5-15(22)6-4-14)25-21(16)26-19-10-12-24-20-17(19)9-11-23-20/h3-13H,1-2H3,(H2,23,24,25,26). The van der Waals surface area contributed by atoms with Crippen LogP contribution >= 0.6 is 0 Å². The second kappa shape index (κ2) is 6.59. The van der Waals surface area contributed by atoms with Crippen molar-refractivity contribution in [3.63, 3.8) is 0 Å². The summed E-state index contributed by atoms with van der Waals surface area (Å²) in [5.74, 6) is 0.865. The maximum absolute atomic E-state index is 13.2. The van der Waals surface area contributed by atoms with Crippen LogP contribution in [0.5, 0.6) is 0 Å². The number of halogens is 1. The van der Waals surface area contributed by atoms with E-state index in [0.717, 1.165) is 39.4 Å². The van der Waals surface area contributed by atoms with Crippen molar-refractivity contribution in [1.82, 2.24) is 15.0 Å². The van der Waals surface area contributed by atoms with E-state index >= 15 is 0 Å². The Morgan fingerprint density at radius 3 is 2.58 bits per heavy atom. The van der Waals surface area contributed by atoms with E-state index in [-0.39, 0.29) is 5.82 Å². The Labute approximate surface area is 151 Å². The van der Waals surface area contributed by atoms with Gasteiger partial charge in [-0.1, -0.05) is 19.9 Å². The maximum Gasteiger partial charge on any atom is 0.139 e. The van der Waals surface area contributed by atoms with Gasteiger partial charge in [0, 0.05) is 23.3 Å². The van der Waals surface area contributed by atoms with Crippen LogP contribution in [-0.2, 0) is 0 Å². The number of benzene rings is 1. The highest BCUT2D eigenvalue weighted by molar-refractivity contribution is 5.91. The fourth-order valence-corrected chi connectivity index (χ4v) is 3.01. The van der Waals surface area contributed by atoms with E-state index in [0.29, 0.717) is 5.92 Å². The van der Waals surface area contributed by atoms with E-state index in [1.54, 1.807) is 18.3 Å². The van der Waals surface area contributed by atoms with Crippen LogP contribution in [0.4, 0.5) is 15.9 Å². The lowest BCUT2D eigenvalue weighted by atomic mass is 10.0. The zero-order valence-electron chi connectivity index (χ0n) is 14.6. The highest BCUT2D eigenvalue weighted by Gasteiger charge is 2.12. The SMILES string of the molecule is CC(C)c1ccc(-c2ccc(F)cc2)nc1Nc1ccnc2[nH]ccc12. The number of anilines is 2. The van der Waals surface area contributed by atoms with Crippen LogP contribution in [0, 0.1) is 5.82 Å². The number of hydrogen-bond acceptors (Lipinski definition) is 3. The van der Waals surface area contributed by atoms with Gasteiger partial charge in [-0.3, -0.25) is 0 Å². The molecule has 3 aromatic heterocycles. The lowest BCUT2D eigenvalue weighted by molar-refractivity contribution is 0.628. The number of nitrogens with one attached hydrogen (secondary N) is 2. The molecule has 26 heavy (non-hydrogen) atoms. The van der Waals surface area contributed by atoms with Crippen molar-refractivity contribution in [3.05, 3.63) is 72.3 Å². The summed E-state index contributed by atoms with van der Waals surface area (Å²) in [6, 6.07) is 14.4. The molecule has 0 saturated heterocycles. The van der Waals surface area contributed by atoms with Gasteiger partial charge < -0.3 is 10.3 Å². The van der Waals surface area contributed by atoms with Crippen molar-refractivity contribution in [2.45, 2.75) is 19.8 Å². The molecule has 0 aliphatic rings. The monoisotopic (exact) mass is 346 g/mol. The van der Waals surface area contributed by atoms with Gasteiger partial charge in [0.1, 0.15) is 17.3 Å². The summed E-state index contributed by atoms with van der Waals surface area (Å²) in [6.45, 7) is 4.27. The first-order valence-electron chi connectivity index (χ1n) is 8.58. The number of aromatic nitrogens is 3. The third kappa shape index (κ3) is 3.04. The van der Waals surface area contributed by atoms with Crippen LogP contribution in [-0.4, -0.2) is 15.0 Å². The Morgan fingerprint density at radius 1 is 1.00 bits per heavy atom. The lowest BCUT2D eigenvalue weighted by Crippen LogP contribution is -2.02. The smallest absolute Gasteiger partial charge is 0.139 e. The summed E-state index contributed by atoms with van der Waals surface area (Å²) in [4.78, 5) is 12.3. The fourth-order valence-electron chi connectivity index (χ4n) is 3.01. The summed E-state index contributed by atoms with van der Waals surface area (Å²) in [7, 11) is 0. The van der Waals surface area contributed by atoms with Crippen molar-refractivity contribution in [2.75, 3.05) is 5.32 Å². The van der Waals surface area contributed by atoms with Crippen molar-refractivity contribution in [3.8, 4) is 11.3 Å². The van der Waals surface area contributed by atoms with Gasteiger partial charge in [-0.25, -0.2) is 14.4 Å². The number of fused-ring (bicyclic) bond motifs is 1. The number of hydrogen-bond donors (Lipinski definition) is 2. The number of rotatable bonds is 4. The second-order valence-corrected chi connectivity index (χ2v) is 6.52. The predicted octanol–water partition coefficient (Wildman–Crippen LogP) is 5.63. The molecule has 5 heteroatoms. The zero-order valence-corrected chi connectivity index (χ0v) is 14.6. The molecule has 0 bridgehead atoms. The lowest BCUT2D eigenvalue weighted by Gasteiger charge is -2.16. The molecule has 0 amide bonds. The van der Waals surface area contributed by atoms with E-state index in [9.17, 15) is 4.39 Å². The molecule has 0 aliphatic heterocycles. The fraction of sp³-hybridized carbons (Fsp3) is 0.143. The van der Waals surface area contributed by atoms with E-state index in [1.807, 2.05) is 24.4 Å². The topological polar surface area (TPSA) is 53.6 Å². The van der Waals surface area contributed by atoms with Crippen LogP contribution in [0.3, 0.4) is 0 Å². The highest BCUT2D eigenvalue weighted by Crippen LogP contribution is 2.31. The van der Waals surface area contributed by atoms with Gasteiger partial charge in [-0.05, 0) is 53.9 Å². The Hall–Kier alpha value is -3.21. The molecule has 0 spiro atoms. The Bertz CT molecular complexity index is 1050. The van der Waals surface area contributed by atoms with Crippen LogP contribution in [0.1, 0.15) is 25.3 Å². The third-order valence-electron chi connectivity index (χ3n) is 4.40. The summed E-state index contributed by atoms with van der Waals surface area (Å²) >= 11 is 0. The molecule has 4 aromatic rings. The molecule has 4 nitrogen and oxygen atoms in total. The molecule has 4 rings (SSSR count). The van der Waals surface area contributed by atoms with E-state index < -0.39 is 0 Å². The van der Waals surface area contributed by atoms with Gasteiger partial charge in [0.2, 0.25) is 0 Å². The summed E-state index contributed by atoms with van der Waals surface area (Å²) in [5, 5.41) is 4.47. The molecule has 2 N–H and O–H groups in total. The highest BCUT2D eigenvalue weighted by atomic mass is 19.1. The van der Waals surface area contributed by atoms with Crippen LogP contribution in [0.15, 0.2) is 60.9 Å². The maximum atomic E-state index is 13.2. The second-order valence-electron chi connectivity index (χ2n) is 6.52. The number of nitrogens with zero attached hydrogens (tertiary/aromatic N) is 2. The first kappa shape index (κ1) is 16.3. The van der Waals surface area contributed by atoms with Crippen LogP contribution in [0.2, 0.25) is 0 Å².